The second-order valence-electron chi connectivity index (χ2n) is 6.92. The smallest absolute Gasteiger partial charge is 0.246 e. The molecule has 2 aromatic rings. The standard InChI is InChI=1S/C22H25FN2O/c1-17(2)19-10-7-18(8-11-19)9-12-22(26)25-15-13-24(14-16-25)21-6-4-3-5-20(21)23/h3-12,17H,13-16H2,1-2H3/b12-9+. The number of carbonyl (C=O) groups excluding carboxylic acids is 1. The van der Waals surface area contributed by atoms with Crippen LogP contribution in [0.15, 0.2) is 54.6 Å². The van der Waals surface area contributed by atoms with Gasteiger partial charge in [0.25, 0.3) is 0 Å². The Morgan fingerprint density at radius 2 is 1.65 bits per heavy atom. The molecule has 0 unspecified atom stereocenters. The van der Waals surface area contributed by atoms with Crippen molar-refractivity contribution in [2.24, 2.45) is 0 Å². The van der Waals surface area contributed by atoms with Gasteiger partial charge in [0.2, 0.25) is 5.91 Å². The van der Waals surface area contributed by atoms with E-state index in [1.807, 2.05) is 34.1 Å². The summed E-state index contributed by atoms with van der Waals surface area (Å²) in [6, 6.07) is 15.1. The number of rotatable bonds is 4. The van der Waals surface area contributed by atoms with Gasteiger partial charge in [0.1, 0.15) is 5.82 Å². The number of carbonyl (C=O) groups is 1. The van der Waals surface area contributed by atoms with Gasteiger partial charge in [-0.25, -0.2) is 4.39 Å². The molecule has 3 nitrogen and oxygen atoms in total. The molecular weight excluding hydrogens is 327 g/mol. The van der Waals surface area contributed by atoms with Crippen molar-refractivity contribution in [2.75, 3.05) is 31.1 Å². The summed E-state index contributed by atoms with van der Waals surface area (Å²) in [6.45, 7) is 6.81. The lowest BCUT2D eigenvalue weighted by Crippen LogP contribution is -2.48. The fraction of sp³-hybridized carbons (Fsp3) is 0.318. The largest absolute Gasteiger partial charge is 0.366 e. The maximum absolute atomic E-state index is 13.9. The zero-order valence-electron chi connectivity index (χ0n) is 15.4. The summed E-state index contributed by atoms with van der Waals surface area (Å²) in [5.74, 6) is 0.295. The van der Waals surface area contributed by atoms with Crippen LogP contribution in [0.3, 0.4) is 0 Å². The van der Waals surface area contributed by atoms with E-state index in [0.717, 1.165) is 5.56 Å². The molecule has 26 heavy (non-hydrogen) atoms. The number of hydrogen-bond acceptors (Lipinski definition) is 2. The average molecular weight is 352 g/mol. The highest BCUT2D eigenvalue weighted by Gasteiger charge is 2.21. The number of hydrogen-bond donors (Lipinski definition) is 0. The lowest BCUT2D eigenvalue weighted by molar-refractivity contribution is -0.126. The van der Waals surface area contributed by atoms with E-state index in [0.29, 0.717) is 37.8 Å². The van der Waals surface area contributed by atoms with E-state index in [4.69, 9.17) is 0 Å². The Morgan fingerprint density at radius 1 is 1.00 bits per heavy atom. The minimum Gasteiger partial charge on any atom is -0.366 e. The maximum Gasteiger partial charge on any atom is 0.246 e. The van der Waals surface area contributed by atoms with Crippen LogP contribution >= 0.6 is 0 Å². The molecule has 0 N–H and O–H groups in total. The molecule has 3 rings (SSSR count). The molecule has 1 fully saturated rings. The van der Waals surface area contributed by atoms with Gasteiger partial charge < -0.3 is 9.80 Å². The summed E-state index contributed by atoms with van der Waals surface area (Å²) in [5.41, 5.74) is 2.92. The minimum absolute atomic E-state index is 0.00567. The number of halogens is 1. The first-order valence-electron chi connectivity index (χ1n) is 9.11. The average Bonchev–Trinajstić information content (AvgIpc) is 2.67. The van der Waals surface area contributed by atoms with Gasteiger partial charge in [-0.1, -0.05) is 50.2 Å². The molecule has 0 bridgehead atoms. The van der Waals surface area contributed by atoms with Crippen LogP contribution in [0.4, 0.5) is 10.1 Å². The van der Waals surface area contributed by atoms with Gasteiger partial charge in [0.15, 0.2) is 0 Å². The first kappa shape index (κ1) is 18.2. The van der Waals surface area contributed by atoms with E-state index < -0.39 is 0 Å². The molecule has 1 amide bonds. The highest BCUT2D eigenvalue weighted by molar-refractivity contribution is 5.92. The van der Waals surface area contributed by atoms with Crippen molar-refractivity contribution in [3.8, 4) is 0 Å². The summed E-state index contributed by atoms with van der Waals surface area (Å²) < 4.78 is 13.9. The lowest BCUT2D eigenvalue weighted by atomic mass is 10.0. The molecule has 0 aromatic heterocycles. The van der Waals surface area contributed by atoms with Crippen LogP contribution in [0.1, 0.15) is 30.9 Å². The molecule has 0 atom stereocenters. The number of para-hydroxylation sites is 1. The van der Waals surface area contributed by atoms with E-state index in [1.165, 1.54) is 11.6 Å². The molecule has 0 saturated carbocycles. The SMILES string of the molecule is CC(C)c1ccc(/C=C/C(=O)N2CCN(c3ccccc3F)CC2)cc1. The van der Waals surface area contributed by atoms with Gasteiger partial charge in [-0.2, -0.15) is 0 Å². The van der Waals surface area contributed by atoms with Gasteiger partial charge in [-0.05, 0) is 35.3 Å². The number of anilines is 1. The molecule has 0 spiro atoms. The second kappa shape index (κ2) is 8.17. The zero-order chi connectivity index (χ0) is 18.5. The third-order valence-electron chi connectivity index (χ3n) is 4.81. The monoisotopic (exact) mass is 352 g/mol. The number of amides is 1. The van der Waals surface area contributed by atoms with Crippen LogP contribution in [-0.2, 0) is 4.79 Å². The van der Waals surface area contributed by atoms with Crippen LogP contribution in [0, 0.1) is 5.82 Å². The Labute approximate surface area is 154 Å². The second-order valence-corrected chi connectivity index (χ2v) is 6.92. The summed E-state index contributed by atoms with van der Waals surface area (Å²) in [6.07, 6.45) is 3.48. The van der Waals surface area contributed by atoms with E-state index in [1.54, 1.807) is 18.2 Å². The Bertz CT molecular complexity index is 775. The molecule has 4 heteroatoms. The molecule has 1 aliphatic heterocycles. The topological polar surface area (TPSA) is 23.6 Å². The number of piperazine rings is 1. The van der Waals surface area contributed by atoms with Crippen molar-refractivity contribution in [1.82, 2.24) is 4.90 Å². The number of nitrogens with zero attached hydrogens (tertiary/aromatic N) is 2. The van der Waals surface area contributed by atoms with Crippen molar-refractivity contribution < 1.29 is 9.18 Å². The molecule has 1 heterocycles. The quantitative estimate of drug-likeness (QED) is 0.766. The lowest BCUT2D eigenvalue weighted by Gasteiger charge is -2.35. The fourth-order valence-electron chi connectivity index (χ4n) is 3.14. The Kier molecular flexibility index (Phi) is 5.71. The molecule has 1 aliphatic rings. The highest BCUT2D eigenvalue weighted by Crippen LogP contribution is 2.20. The van der Waals surface area contributed by atoms with E-state index in [2.05, 4.69) is 26.0 Å². The summed E-state index contributed by atoms with van der Waals surface area (Å²) >= 11 is 0. The molecule has 0 aliphatic carbocycles. The molecule has 1 saturated heterocycles. The molecular formula is C22H25FN2O. The van der Waals surface area contributed by atoms with E-state index in [-0.39, 0.29) is 11.7 Å². The normalized spacial score (nSPS) is 15.1. The zero-order valence-corrected chi connectivity index (χ0v) is 15.4. The molecule has 2 aromatic carbocycles. The van der Waals surface area contributed by atoms with Crippen LogP contribution < -0.4 is 4.90 Å². The van der Waals surface area contributed by atoms with Gasteiger partial charge in [-0.3, -0.25) is 4.79 Å². The predicted octanol–water partition coefficient (Wildman–Crippen LogP) is 4.31. The predicted molar refractivity (Wildman–Crippen MR) is 105 cm³/mol. The Hall–Kier alpha value is -2.62. The highest BCUT2D eigenvalue weighted by atomic mass is 19.1. The van der Waals surface area contributed by atoms with E-state index >= 15 is 0 Å². The summed E-state index contributed by atoms with van der Waals surface area (Å²) in [7, 11) is 0. The molecule has 136 valence electrons. The third-order valence-corrected chi connectivity index (χ3v) is 4.81. The van der Waals surface area contributed by atoms with Crippen molar-refractivity contribution in [3.63, 3.8) is 0 Å². The summed E-state index contributed by atoms with van der Waals surface area (Å²) in [4.78, 5) is 16.2. The first-order chi connectivity index (χ1) is 12.5. The summed E-state index contributed by atoms with van der Waals surface area (Å²) in [5, 5.41) is 0. The van der Waals surface area contributed by atoms with Crippen molar-refractivity contribution in [3.05, 3.63) is 71.6 Å². The van der Waals surface area contributed by atoms with Gasteiger partial charge in [-0.15, -0.1) is 0 Å². The first-order valence-corrected chi connectivity index (χ1v) is 9.11. The van der Waals surface area contributed by atoms with Gasteiger partial charge in [0.05, 0.1) is 5.69 Å². The van der Waals surface area contributed by atoms with Crippen LogP contribution in [-0.4, -0.2) is 37.0 Å². The van der Waals surface area contributed by atoms with Crippen molar-refractivity contribution in [2.45, 2.75) is 19.8 Å². The van der Waals surface area contributed by atoms with Gasteiger partial charge >= 0.3 is 0 Å². The fourth-order valence-corrected chi connectivity index (χ4v) is 3.14. The maximum atomic E-state index is 13.9. The van der Waals surface area contributed by atoms with Crippen molar-refractivity contribution in [1.29, 1.82) is 0 Å². The van der Waals surface area contributed by atoms with Crippen LogP contribution in [0.5, 0.6) is 0 Å². The molecule has 0 radical (unpaired) electrons. The van der Waals surface area contributed by atoms with Crippen molar-refractivity contribution >= 4 is 17.7 Å². The number of benzene rings is 2. The van der Waals surface area contributed by atoms with Gasteiger partial charge in [0, 0.05) is 32.3 Å². The van der Waals surface area contributed by atoms with Crippen LogP contribution in [0.2, 0.25) is 0 Å². The third kappa shape index (κ3) is 4.31. The Morgan fingerprint density at radius 3 is 2.27 bits per heavy atom. The Balaban J connectivity index is 1.56. The minimum atomic E-state index is -0.211. The van der Waals surface area contributed by atoms with E-state index in [9.17, 15) is 9.18 Å². The van der Waals surface area contributed by atoms with Crippen LogP contribution in [0.25, 0.3) is 6.08 Å².